The van der Waals surface area contributed by atoms with Crippen molar-refractivity contribution in [2.75, 3.05) is 0 Å². The minimum Gasteiger partial charge on any atom is -0.0814 e. The summed E-state index contributed by atoms with van der Waals surface area (Å²) in [6, 6.07) is 0. The van der Waals surface area contributed by atoms with E-state index in [0.29, 0.717) is 0 Å². The molecule has 0 bridgehead atoms. The zero-order valence-electron chi connectivity index (χ0n) is 2.99. The number of hydrogen-bond acceptors (Lipinski definition) is 0. The van der Waals surface area contributed by atoms with E-state index in [2.05, 4.69) is 6.92 Å². The summed E-state index contributed by atoms with van der Waals surface area (Å²) in [6.45, 7) is 2.28. The van der Waals surface area contributed by atoms with Crippen molar-refractivity contribution in [2.24, 2.45) is 0 Å². The van der Waals surface area contributed by atoms with Crippen LogP contribution in [0.1, 0.15) is 6.92 Å². The fraction of sp³-hybridized carbons (Fsp3) is 1.00. The lowest BCUT2D eigenvalue weighted by atomic mass is 10.0. The standard InChI is InChI=1S/C3H7B/c1-3-2-4-3/h3-4H,2H2,1H3/t3-/m0/s1. The summed E-state index contributed by atoms with van der Waals surface area (Å²) in [5, 5.41) is 0. The van der Waals surface area contributed by atoms with Crippen molar-refractivity contribution in [3.05, 3.63) is 0 Å². The molecule has 0 aliphatic carbocycles. The molecule has 0 aromatic heterocycles. The maximum absolute atomic E-state index is 2.28. The largest absolute Gasteiger partial charge is 0.122 e. The second-order valence-electron chi connectivity index (χ2n) is 1.68. The molecule has 22 valence electrons. The third kappa shape index (κ3) is 0.249. The average molecular weight is 53.9 g/mol. The highest BCUT2D eigenvalue weighted by Gasteiger charge is 2.15. The van der Waals surface area contributed by atoms with Gasteiger partial charge in [-0.2, -0.15) is 0 Å². The van der Waals surface area contributed by atoms with Crippen molar-refractivity contribution in [1.29, 1.82) is 0 Å². The maximum atomic E-state index is 2.28. The summed E-state index contributed by atoms with van der Waals surface area (Å²) < 4.78 is 0. The summed E-state index contributed by atoms with van der Waals surface area (Å²) in [6.07, 6.45) is 1.49. The summed E-state index contributed by atoms with van der Waals surface area (Å²) in [4.78, 5) is 0. The lowest BCUT2D eigenvalue weighted by molar-refractivity contribution is 1.21. The zero-order valence-corrected chi connectivity index (χ0v) is 2.99. The summed E-state index contributed by atoms with van der Waals surface area (Å²) in [5.41, 5.74) is 0. The van der Waals surface area contributed by atoms with Crippen LogP contribution >= 0.6 is 0 Å². The van der Waals surface area contributed by atoms with Gasteiger partial charge in [0.05, 0.1) is 0 Å². The van der Waals surface area contributed by atoms with Crippen LogP contribution in [0.5, 0.6) is 0 Å². The molecule has 0 aromatic rings. The van der Waals surface area contributed by atoms with E-state index >= 15 is 0 Å². The van der Waals surface area contributed by atoms with Crippen LogP contribution in [-0.2, 0) is 0 Å². The first-order valence-corrected chi connectivity index (χ1v) is 1.89. The monoisotopic (exact) mass is 54.1 g/mol. The van der Waals surface area contributed by atoms with Gasteiger partial charge in [0, 0.05) is 0 Å². The molecule has 1 heteroatoms. The van der Waals surface area contributed by atoms with E-state index in [9.17, 15) is 0 Å². The van der Waals surface area contributed by atoms with Crippen LogP contribution in [-0.4, -0.2) is 7.28 Å². The maximum Gasteiger partial charge on any atom is 0.122 e. The Morgan fingerprint density at radius 2 is 2.25 bits per heavy atom. The van der Waals surface area contributed by atoms with Gasteiger partial charge in [0.25, 0.3) is 0 Å². The first kappa shape index (κ1) is 2.31. The number of rotatable bonds is 0. The van der Waals surface area contributed by atoms with E-state index in [1.165, 1.54) is 13.6 Å². The quantitative estimate of drug-likeness (QED) is 0.356. The van der Waals surface area contributed by atoms with E-state index in [1.807, 2.05) is 0 Å². The van der Waals surface area contributed by atoms with Gasteiger partial charge in [0.2, 0.25) is 0 Å². The van der Waals surface area contributed by atoms with E-state index in [-0.39, 0.29) is 0 Å². The summed E-state index contributed by atoms with van der Waals surface area (Å²) in [5.74, 6) is 1.08. The molecule has 0 spiro atoms. The topological polar surface area (TPSA) is 0 Å². The first-order chi connectivity index (χ1) is 1.89. The van der Waals surface area contributed by atoms with Crippen molar-refractivity contribution in [3.63, 3.8) is 0 Å². The Bertz CT molecular complexity index is 22.5. The Balaban J connectivity index is 2.17. The van der Waals surface area contributed by atoms with Crippen molar-refractivity contribution in [2.45, 2.75) is 19.1 Å². The van der Waals surface area contributed by atoms with Crippen LogP contribution in [0.2, 0.25) is 12.1 Å². The van der Waals surface area contributed by atoms with Gasteiger partial charge in [-0.15, -0.1) is 0 Å². The van der Waals surface area contributed by atoms with Crippen LogP contribution in [0.3, 0.4) is 0 Å². The Morgan fingerprint density at radius 3 is 2.25 bits per heavy atom. The van der Waals surface area contributed by atoms with Gasteiger partial charge < -0.3 is 0 Å². The van der Waals surface area contributed by atoms with Gasteiger partial charge in [0.1, 0.15) is 7.28 Å². The third-order valence-electron chi connectivity index (χ3n) is 0.866. The molecule has 0 radical (unpaired) electrons. The predicted molar refractivity (Wildman–Crippen MR) is 21.4 cm³/mol. The second kappa shape index (κ2) is 0.509. The Kier molecular flexibility index (Phi) is 0.294. The Labute approximate surface area is 27.5 Å². The highest BCUT2D eigenvalue weighted by Crippen LogP contribution is 2.24. The minimum absolute atomic E-state index is 1.08. The molecular weight excluding hydrogens is 46.8 g/mol. The van der Waals surface area contributed by atoms with Crippen LogP contribution in [0, 0.1) is 0 Å². The molecule has 1 aliphatic rings. The van der Waals surface area contributed by atoms with Gasteiger partial charge in [-0.1, -0.05) is 19.1 Å². The smallest absolute Gasteiger partial charge is 0.0814 e. The van der Waals surface area contributed by atoms with Gasteiger partial charge in [-0.3, -0.25) is 0 Å². The molecule has 1 atom stereocenters. The molecular formula is C3H7B. The molecule has 1 rings (SSSR count). The molecule has 0 amide bonds. The van der Waals surface area contributed by atoms with E-state index in [1.54, 1.807) is 0 Å². The fourth-order valence-electron chi connectivity index (χ4n) is 0.167. The van der Waals surface area contributed by atoms with Crippen molar-refractivity contribution in [1.82, 2.24) is 0 Å². The predicted octanol–water partition coefficient (Wildman–Crippen LogP) is 0.663. The summed E-state index contributed by atoms with van der Waals surface area (Å²) >= 11 is 0. The van der Waals surface area contributed by atoms with Crippen molar-refractivity contribution >= 4 is 7.28 Å². The van der Waals surface area contributed by atoms with Crippen molar-refractivity contribution in [3.8, 4) is 0 Å². The highest BCUT2D eigenvalue weighted by molar-refractivity contribution is 6.50. The van der Waals surface area contributed by atoms with Crippen LogP contribution in [0.15, 0.2) is 0 Å². The second-order valence-corrected chi connectivity index (χ2v) is 1.68. The SMILES string of the molecule is C[C@@H]1BC1. The third-order valence-corrected chi connectivity index (χ3v) is 0.866. The molecule has 1 fully saturated rings. The normalized spacial score (nSPS) is 37.8. The minimum atomic E-state index is 1.08. The Morgan fingerprint density at radius 1 is 2.00 bits per heavy atom. The molecule has 1 aliphatic heterocycles. The van der Waals surface area contributed by atoms with Gasteiger partial charge in [0.15, 0.2) is 0 Å². The number of hydrogen-bond donors (Lipinski definition) is 0. The summed E-state index contributed by atoms with van der Waals surface area (Å²) in [7, 11) is 1.49. The zero-order chi connectivity index (χ0) is 2.99. The first-order valence-electron chi connectivity index (χ1n) is 1.89. The van der Waals surface area contributed by atoms with Crippen LogP contribution in [0.25, 0.3) is 0 Å². The van der Waals surface area contributed by atoms with E-state index < -0.39 is 0 Å². The molecule has 1 saturated heterocycles. The van der Waals surface area contributed by atoms with E-state index in [4.69, 9.17) is 0 Å². The average Bonchev–Trinajstić information content (AvgIpc) is 1.75. The lowest BCUT2D eigenvalue weighted by Crippen LogP contribution is -1.41. The molecule has 0 nitrogen and oxygen atoms in total. The fourth-order valence-corrected chi connectivity index (χ4v) is 0.167. The van der Waals surface area contributed by atoms with Gasteiger partial charge in [-0.05, 0) is 0 Å². The van der Waals surface area contributed by atoms with E-state index in [0.717, 1.165) is 5.82 Å². The van der Waals surface area contributed by atoms with Crippen LogP contribution < -0.4 is 0 Å². The highest BCUT2D eigenvalue weighted by atomic mass is 13.9. The molecule has 0 aromatic carbocycles. The van der Waals surface area contributed by atoms with Crippen LogP contribution in [0.4, 0.5) is 0 Å². The molecule has 0 N–H and O–H groups in total. The van der Waals surface area contributed by atoms with Gasteiger partial charge >= 0.3 is 0 Å². The molecule has 1 heterocycles. The molecule has 0 saturated carbocycles. The van der Waals surface area contributed by atoms with Crippen molar-refractivity contribution < 1.29 is 0 Å². The molecule has 4 heavy (non-hydrogen) atoms. The Hall–Kier alpha value is 0.0649. The van der Waals surface area contributed by atoms with Gasteiger partial charge in [-0.25, -0.2) is 0 Å². The molecule has 0 unspecified atom stereocenters. The lowest BCUT2D eigenvalue weighted by Gasteiger charge is -1.54.